The van der Waals surface area contributed by atoms with E-state index in [-0.39, 0.29) is 18.3 Å². The Labute approximate surface area is 93.4 Å². The van der Waals surface area contributed by atoms with Crippen molar-refractivity contribution in [1.29, 1.82) is 0 Å². The van der Waals surface area contributed by atoms with Crippen LogP contribution in [-0.2, 0) is 9.53 Å². The topological polar surface area (TPSA) is 46.5 Å². The number of aliphatic hydroxyl groups excluding tert-OH is 1. The average molecular weight is 216 g/mol. The van der Waals surface area contributed by atoms with Crippen LogP contribution in [0.4, 0.5) is 0 Å². The summed E-state index contributed by atoms with van der Waals surface area (Å²) in [4.78, 5) is 11.5. The molecule has 0 radical (unpaired) electrons. The van der Waals surface area contributed by atoms with Gasteiger partial charge in [-0.05, 0) is 17.2 Å². The van der Waals surface area contributed by atoms with Crippen molar-refractivity contribution in [3.05, 3.63) is 42.0 Å². The molecule has 1 aromatic rings. The number of hydrogen-bond acceptors (Lipinski definition) is 3. The van der Waals surface area contributed by atoms with Crippen molar-refractivity contribution in [3.8, 4) is 0 Å². The maximum Gasteiger partial charge on any atom is 0.167 e. The molecule has 1 aromatic carbocycles. The molecule has 2 aliphatic rings. The van der Waals surface area contributed by atoms with E-state index in [9.17, 15) is 9.90 Å². The molecule has 3 atom stereocenters. The van der Waals surface area contributed by atoms with Crippen molar-refractivity contribution in [1.82, 2.24) is 0 Å². The normalized spacial score (nSPS) is 32.7. The molecule has 82 valence electrons. The Hall–Kier alpha value is -1.45. The first kappa shape index (κ1) is 9.75. The van der Waals surface area contributed by atoms with Gasteiger partial charge in [0, 0.05) is 6.42 Å². The van der Waals surface area contributed by atoms with Crippen LogP contribution < -0.4 is 0 Å². The van der Waals surface area contributed by atoms with Gasteiger partial charge in [0.15, 0.2) is 5.78 Å². The number of ketones is 1. The third-order valence-corrected chi connectivity index (χ3v) is 3.12. The first-order valence-electron chi connectivity index (χ1n) is 5.39. The van der Waals surface area contributed by atoms with Crippen molar-refractivity contribution >= 4 is 11.4 Å². The Morgan fingerprint density at radius 2 is 2.00 bits per heavy atom. The number of carbonyl (C=O) groups excluding carboxylic acids is 1. The molecule has 0 spiro atoms. The monoisotopic (exact) mass is 216 g/mol. The summed E-state index contributed by atoms with van der Waals surface area (Å²) in [5.41, 5.74) is 1.95. The van der Waals surface area contributed by atoms with Crippen LogP contribution in [0.3, 0.4) is 0 Å². The fourth-order valence-electron chi connectivity index (χ4n) is 2.33. The number of aliphatic hydroxyl groups is 1. The molecule has 1 N–H and O–H groups in total. The number of fused-ring (bicyclic) bond motifs is 2. The van der Waals surface area contributed by atoms with Gasteiger partial charge < -0.3 is 9.84 Å². The van der Waals surface area contributed by atoms with E-state index in [0.717, 1.165) is 11.1 Å². The molecule has 2 aliphatic heterocycles. The lowest BCUT2D eigenvalue weighted by molar-refractivity contribution is -0.144. The highest BCUT2D eigenvalue weighted by Gasteiger charge is 2.42. The first-order valence-corrected chi connectivity index (χ1v) is 5.39. The molecule has 0 amide bonds. The molecule has 2 heterocycles. The second-order valence-electron chi connectivity index (χ2n) is 4.20. The van der Waals surface area contributed by atoms with Crippen molar-refractivity contribution in [2.75, 3.05) is 0 Å². The van der Waals surface area contributed by atoms with Gasteiger partial charge in [-0.15, -0.1) is 0 Å². The fourth-order valence-corrected chi connectivity index (χ4v) is 2.33. The highest BCUT2D eigenvalue weighted by molar-refractivity contribution is 5.90. The summed E-state index contributed by atoms with van der Waals surface area (Å²) >= 11 is 0. The Morgan fingerprint density at radius 1 is 1.25 bits per heavy atom. The molecule has 2 bridgehead atoms. The maximum absolute atomic E-state index is 11.5. The molecule has 3 rings (SSSR count). The van der Waals surface area contributed by atoms with E-state index < -0.39 is 12.2 Å². The van der Waals surface area contributed by atoms with E-state index >= 15 is 0 Å². The lowest BCUT2D eigenvalue weighted by Crippen LogP contribution is -2.41. The molecule has 0 saturated carbocycles. The highest BCUT2D eigenvalue weighted by atomic mass is 16.5. The summed E-state index contributed by atoms with van der Waals surface area (Å²) in [5.74, 6) is -0.122. The molecular formula is C13H12O3. The zero-order valence-corrected chi connectivity index (χ0v) is 8.67. The van der Waals surface area contributed by atoms with Gasteiger partial charge in [-0.3, -0.25) is 4.79 Å². The van der Waals surface area contributed by atoms with Crippen LogP contribution in [0.1, 0.15) is 12.0 Å². The van der Waals surface area contributed by atoms with Gasteiger partial charge in [-0.1, -0.05) is 30.3 Å². The summed E-state index contributed by atoms with van der Waals surface area (Å²) in [6.45, 7) is 0. The van der Waals surface area contributed by atoms with Crippen LogP contribution in [0.15, 0.2) is 36.4 Å². The lowest BCUT2D eigenvalue weighted by Gasteiger charge is -2.26. The third kappa shape index (κ3) is 1.40. The summed E-state index contributed by atoms with van der Waals surface area (Å²) in [6.07, 6.45) is 0.595. The van der Waals surface area contributed by atoms with Crippen LogP contribution in [-0.4, -0.2) is 29.2 Å². The molecule has 0 aliphatic carbocycles. The van der Waals surface area contributed by atoms with E-state index in [0.29, 0.717) is 0 Å². The van der Waals surface area contributed by atoms with Crippen molar-refractivity contribution in [2.24, 2.45) is 0 Å². The Morgan fingerprint density at radius 3 is 2.75 bits per heavy atom. The van der Waals surface area contributed by atoms with Crippen molar-refractivity contribution in [2.45, 2.75) is 24.7 Å². The van der Waals surface area contributed by atoms with Crippen LogP contribution >= 0.6 is 0 Å². The number of ether oxygens (including phenoxy) is 1. The molecule has 16 heavy (non-hydrogen) atoms. The summed E-state index contributed by atoms with van der Waals surface area (Å²) in [7, 11) is 0. The minimum Gasteiger partial charge on any atom is -0.382 e. The van der Waals surface area contributed by atoms with Crippen LogP contribution in [0.5, 0.6) is 0 Å². The standard InChI is InChI=1S/C13H12O3/c14-11-7-9-6-10(13(16-9)12(11)15)8-4-2-1-3-5-8/h1-6,9,12-13,15H,7H2/t9-,12-,13+/m1/s1. The Bertz CT molecular complexity index is 450. The smallest absolute Gasteiger partial charge is 0.167 e. The highest BCUT2D eigenvalue weighted by Crippen LogP contribution is 2.36. The number of carbonyl (C=O) groups is 1. The van der Waals surface area contributed by atoms with E-state index in [1.807, 2.05) is 36.4 Å². The van der Waals surface area contributed by atoms with Crippen LogP contribution in [0.25, 0.3) is 5.57 Å². The largest absolute Gasteiger partial charge is 0.382 e. The molecule has 3 heteroatoms. The zero-order chi connectivity index (χ0) is 11.1. The summed E-state index contributed by atoms with van der Waals surface area (Å²) < 4.78 is 5.58. The van der Waals surface area contributed by atoms with E-state index in [1.165, 1.54) is 0 Å². The van der Waals surface area contributed by atoms with Gasteiger partial charge in [-0.2, -0.15) is 0 Å². The van der Waals surface area contributed by atoms with Crippen LogP contribution in [0.2, 0.25) is 0 Å². The second kappa shape index (κ2) is 3.54. The van der Waals surface area contributed by atoms with Gasteiger partial charge in [0.05, 0.1) is 6.10 Å². The van der Waals surface area contributed by atoms with Gasteiger partial charge in [0.1, 0.15) is 12.2 Å². The predicted octanol–water partition coefficient (Wildman–Crippen LogP) is 1.17. The molecule has 0 aromatic heterocycles. The maximum atomic E-state index is 11.5. The second-order valence-corrected chi connectivity index (χ2v) is 4.20. The summed E-state index contributed by atoms with van der Waals surface area (Å²) in [5, 5.41) is 9.78. The fraction of sp³-hybridized carbons (Fsp3) is 0.308. The van der Waals surface area contributed by atoms with Crippen LogP contribution in [0, 0.1) is 0 Å². The van der Waals surface area contributed by atoms with Gasteiger partial charge in [0.2, 0.25) is 0 Å². The molecule has 3 nitrogen and oxygen atoms in total. The SMILES string of the molecule is O=C1C[C@H]2C=C(c3ccccc3)[C@H](O2)[C@@H]1O. The number of hydrogen-bond donors (Lipinski definition) is 1. The zero-order valence-electron chi connectivity index (χ0n) is 8.67. The van der Waals surface area contributed by atoms with Gasteiger partial charge >= 0.3 is 0 Å². The predicted molar refractivity (Wildman–Crippen MR) is 58.7 cm³/mol. The quantitative estimate of drug-likeness (QED) is 0.766. The van der Waals surface area contributed by atoms with Crippen molar-refractivity contribution < 1.29 is 14.6 Å². The lowest BCUT2D eigenvalue weighted by atomic mass is 9.97. The first-order chi connectivity index (χ1) is 7.75. The Balaban J connectivity index is 1.99. The third-order valence-electron chi connectivity index (χ3n) is 3.12. The Kier molecular flexibility index (Phi) is 2.16. The van der Waals surface area contributed by atoms with E-state index in [1.54, 1.807) is 0 Å². The number of benzene rings is 1. The molecule has 1 saturated heterocycles. The average Bonchev–Trinajstić information content (AvgIpc) is 2.67. The number of rotatable bonds is 1. The molecular weight excluding hydrogens is 204 g/mol. The summed E-state index contributed by atoms with van der Waals surface area (Å²) in [6, 6.07) is 9.74. The van der Waals surface area contributed by atoms with E-state index in [4.69, 9.17) is 4.74 Å². The minimum atomic E-state index is -1.01. The molecule has 1 fully saturated rings. The van der Waals surface area contributed by atoms with Crippen molar-refractivity contribution in [3.63, 3.8) is 0 Å². The minimum absolute atomic E-state index is 0.122. The van der Waals surface area contributed by atoms with Gasteiger partial charge in [-0.25, -0.2) is 0 Å². The van der Waals surface area contributed by atoms with Gasteiger partial charge in [0.25, 0.3) is 0 Å². The van der Waals surface area contributed by atoms with E-state index in [2.05, 4.69) is 0 Å². The molecule has 0 unspecified atom stereocenters. The number of Topliss-reactive ketones (excluding diaryl/α,β-unsaturated/α-hetero) is 1.